The molecule has 10 heteroatoms. The Balaban J connectivity index is 2.29. The number of benzene rings is 2. The van der Waals surface area contributed by atoms with Crippen molar-refractivity contribution in [1.82, 2.24) is 0 Å². The molecule has 0 aliphatic rings. The maximum Gasteiger partial charge on any atom is 0.387 e. The van der Waals surface area contributed by atoms with Crippen LogP contribution in [0.5, 0.6) is 5.75 Å². The van der Waals surface area contributed by atoms with Gasteiger partial charge in [-0.05, 0) is 36.4 Å². The van der Waals surface area contributed by atoms with E-state index in [2.05, 4.69) is 9.46 Å². The molecule has 23 heavy (non-hydrogen) atoms. The number of hydrogen-bond donors (Lipinski definition) is 1. The molecule has 0 aliphatic heterocycles. The smallest absolute Gasteiger partial charge is 0.387 e. The first-order valence-electron chi connectivity index (χ1n) is 5.91. The molecule has 0 spiro atoms. The van der Waals surface area contributed by atoms with Crippen LogP contribution in [0.2, 0.25) is 10.0 Å². The number of hydrogen-bond acceptors (Lipinski definition) is 3. The summed E-state index contributed by atoms with van der Waals surface area (Å²) in [6.45, 7) is -3.06. The standard InChI is InChI=1S/C13H8Cl2F3NO3S/c14-9-6-8(2-3-11(9)22-13(17)18)19-23(20,21)12-4-1-7(16)5-10(12)15/h1-6,13,19H. The second-order valence-corrected chi connectivity index (χ2v) is 6.67. The molecule has 0 radical (unpaired) electrons. The van der Waals surface area contributed by atoms with Crippen molar-refractivity contribution >= 4 is 38.9 Å². The van der Waals surface area contributed by atoms with E-state index in [0.717, 1.165) is 30.3 Å². The van der Waals surface area contributed by atoms with Crippen molar-refractivity contribution in [3.63, 3.8) is 0 Å². The van der Waals surface area contributed by atoms with E-state index in [1.165, 1.54) is 6.07 Å². The topological polar surface area (TPSA) is 55.4 Å². The van der Waals surface area contributed by atoms with Gasteiger partial charge in [0.15, 0.2) is 0 Å². The Morgan fingerprint density at radius 3 is 2.30 bits per heavy atom. The second kappa shape index (κ2) is 6.86. The van der Waals surface area contributed by atoms with Crippen LogP contribution in [-0.2, 0) is 10.0 Å². The zero-order valence-electron chi connectivity index (χ0n) is 11.1. The van der Waals surface area contributed by atoms with Crippen LogP contribution in [0.4, 0.5) is 18.9 Å². The van der Waals surface area contributed by atoms with E-state index < -0.39 is 22.5 Å². The molecule has 124 valence electrons. The number of ether oxygens (including phenoxy) is 1. The zero-order chi connectivity index (χ0) is 17.2. The number of anilines is 1. The van der Waals surface area contributed by atoms with Gasteiger partial charge in [-0.3, -0.25) is 4.72 Å². The van der Waals surface area contributed by atoms with Gasteiger partial charge in [0, 0.05) is 0 Å². The number of halogens is 5. The summed E-state index contributed by atoms with van der Waals surface area (Å²) in [5, 5.41) is -0.517. The van der Waals surface area contributed by atoms with E-state index in [9.17, 15) is 21.6 Å². The second-order valence-electron chi connectivity index (χ2n) is 4.20. The number of rotatable bonds is 5. The van der Waals surface area contributed by atoms with E-state index in [1.807, 2.05) is 0 Å². The van der Waals surface area contributed by atoms with Crippen molar-refractivity contribution in [2.24, 2.45) is 0 Å². The summed E-state index contributed by atoms with van der Waals surface area (Å²) < 4.78 is 67.9. The number of sulfonamides is 1. The molecule has 1 N–H and O–H groups in total. The quantitative estimate of drug-likeness (QED) is 0.821. The minimum atomic E-state index is -4.11. The number of alkyl halides is 2. The lowest BCUT2D eigenvalue weighted by Gasteiger charge is -2.11. The van der Waals surface area contributed by atoms with Gasteiger partial charge in [-0.25, -0.2) is 12.8 Å². The predicted molar refractivity (Wildman–Crippen MR) is 80.3 cm³/mol. The van der Waals surface area contributed by atoms with E-state index >= 15 is 0 Å². The molecule has 2 aromatic rings. The zero-order valence-corrected chi connectivity index (χ0v) is 13.4. The Hall–Kier alpha value is -1.64. The molecule has 0 atom stereocenters. The minimum Gasteiger partial charge on any atom is -0.433 e. The molecule has 0 saturated heterocycles. The van der Waals surface area contributed by atoms with Gasteiger partial charge >= 0.3 is 6.61 Å². The first-order valence-corrected chi connectivity index (χ1v) is 8.15. The monoisotopic (exact) mass is 385 g/mol. The summed E-state index contributed by atoms with van der Waals surface area (Å²) in [6, 6.07) is 6.14. The molecular formula is C13H8Cl2F3NO3S. The summed E-state index contributed by atoms with van der Waals surface area (Å²) in [4.78, 5) is -0.343. The Morgan fingerprint density at radius 1 is 1.04 bits per heavy atom. The van der Waals surface area contributed by atoms with Crippen molar-refractivity contribution in [3.8, 4) is 5.75 Å². The fourth-order valence-corrected chi connectivity index (χ4v) is 3.47. The van der Waals surface area contributed by atoms with E-state index in [4.69, 9.17) is 23.2 Å². The normalized spacial score (nSPS) is 11.6. The van der Waals surface area contributed by atoms with Gasteiger partial charge in [0.05, 0.1) is 15.7 Å². The average Bonchev–Trinajstić information content (AvgIpc) is 2.40. The fraction of sp³-hybridized carbons (Fsp3) is 0.0769. The van der Waals surface area contributed by atoms with E-state index in [-0.39, 0.29) is 26.4 Å². The minimum absolute atomic E-state index is 0.00277. The maximum atomic E-state index is 13.0. The van der Waals surface area contributed by atoms with Crippen LogP contribution in [0.15, 0.2) is 41.3 Å². The predicted octanol–water partition coefficient (Wildman–Crippen LogP) is 4.53. The Bertz CT molecular complexity index is 831. The van der Waals surface area contributed by atoms with Crippen LogP contribution in [0, 0.1) is 5.82 Å². The van der Waals surface area contributed by atoms with Crippen LogP contribution in [0.25, 0.3) is 0 Å². The average molecular weight is 386 g/mol. The van der Waals surface area contributed by atoms with Crippen LogP contribution in [0.3, 0.4) is 0 Å². The van der Waals surface area contributed by atoms with Crippen LogP contribution >= 0.6 is 23.2 Å². The highest BCUT2D eigenvalue weighted by molar-refractivity contribution is 7.92. The van der Waals surface area contributed by atoms with Crippen molar-refractivity contribution in [1.29, 1.82) is 0 Å². The van der Waals surface area contributed by atoms with Crippen LogP contribution < -0.4 is 9.46 Å². The van der Waals surface area contributed by atoms with Gasteiger partial charge in [-0.15, -0.1) is 0 Å². The van der Waals surface area contributed by atoms with Gasteiger partial charge in [0.2, 0.25) is 0 Å². The highest BCUT2D eigenvalue weighted by Gasteiger charge is 2.19. The summed E-state index contributed by atoms with van der Waals surface area (Å²) in [7, 11) is -4.11. The van der Waals surface area contributed by atoms with Crippen molar-refractivity contribution in [3.05, 3.63) is 52.3 Å². The summed E-state index contributed by atoms with van der Waals surface area (Å²) in [6.07, 6.45) is 0. The highest BCUT2D eigenvalue weighted by Crippen LogP contribution is 2.31. The van der Waals surface area contributed by atoms with E-state index in [0.29, 0.717) is 0 Å². The molecular weight excluding hydrogens is 378 g/mol. The van der Waals surface area contributed by atoms with E-state index in [1.54, 1.807) is 0 Å². The van der Waals surface area contributed by atoms with Gasteiger partial charge in [0.25, 0.3) is 10.0 Å². The third-order valence-electron chi connectivity index (χ3n) is 2.58. The first kappa shape index (κ1) is 17.7. The summed E-state index contributed by atoms with van der Waals surface area (Å²) in [5.41, 5.74) is -0.00277. The fourth-order valence-electron chi connectivity index (χ4n) is 1.66. The van der Waals surface area contributed by atoms with Gasteiger partial charge in [-0.2, -0.15) is 8.78 Å². The molecule has 0 amide bonds. The molecule has 0 saturated carbocycles. The first-order chi connectivity index (χ1) is 10.7. The Kier molecular flexibility index (Phi) is 5.28. The molecule has 0 aromatic heterocycles. The van der Waals surface area contributed by atoms with Crippen LogP contribution in [-0.4, -0.2) is 15.0 Å². The third-order valence-corrected chi connectivity index (χ3v) is 4.74. The summed E-state index contributed by atoms with van der Waals surface area (Å²) in [5.74, 6) is -0.991. The van der Waals surface area contributed by atoms with Crippen molar-refractivity contribution < 1.29 is 26.3 Å². The van der Waals surface area contributed by atoms with Gasteiger partial charge < -0.3 is 4.74 Å². The summed E-state index contributed by atoms with van der Waals surface area (Å²) >= 11 is 11.4. The van der Waals surface area contributed by atoms with Crippen molar-refractivity contribution in [2.45, 2.75) is 11.5 Å². The lowest BCUT2D eigenvalue weighted by Crippen LogP contribution is -2.13. The SMILES string of the molecule is O=S(=O)(Nc1ccc(OC(F)F)c(Cl)c1)c1ccc(F)cc1Cl. The number of nitrogens with one attached hydrogen (secondary N) is 1. The molecule has 0 fully saturated rings. The largest absolute Gasteiger partial charge is 0.433 e. The molecule has 0 heterocycles. The molecule has 0 aliphatic carbocycles. The molecule has 2 aromatic carbocycles. The van der Waals surface area contributed by atoms with Gasteiger partial charge in [0.1, 0.15) is 16.5 Å². The lowest BCUT2D eigenvalue weighted by molar-refractivity contribution is -0.0497. The third kappa shape index (κ3) is 4.43. The lowest BCUT2D eigenvalue weighted by atomic mass is 10.3. The molecule has 0 unspecified atom stereocenters. The van der Waals surface area contributed by atoms with Crippen molar-refractivity contribution in [2.75, 3.05) is 4.72 Å². The molecule has 4 nitrogen and oxygen atoms in total. The molecule has 2 rings (SSSR count). The van der Waals surface area contributed by atoms with Gasteiger partial charge in [-0.1, -0.05) is 23.2 Å². The maximum absolute atomic E-state index is 13.0. The highest BCUT2D eigenvalue weighted by atomic mass is 35.5. The van der Waals surface area contributed by atoms with Crippen LogP contribution in [0.1, 0.15) is 0 Å². The Labute approximate surface area is 139 Å². The Morgan fingerprint density at radius 2 is 1.74 bits per heavy atom. The molecule has 0 bridgehead atoms.